The molecule has 0 radical (unpaired) electrons. The Kier molecular flexibility index (Phi) is 4.18. The number of aryl methyl sites for hydroxylation is 1. The zero-order valence-electron chi connectivity index (χ0n) is 11.1. The summed E-state index contributed by atoms with van der Waals surface area (Å²) in [6.45, 7) is 3.27. The molecule has 0 saturated heterocycles. The summed E-state index contributed by atoms with van der Waals surface area (Å²) in [6, 6.07) is 8.98. The quantitative estimate of drug-likeness (QED) is 0.891. The molecule has 0 fully saturated rings. The minimum Gasteiger partial charge on any atom is -0.497 e. The molecule has 0 aliphatic heterocycles. The van der Waals surface area contributed by atoms with Crippen LogP contribution in [0.4, 0.5) is 0 Å². The predicted molar refractivity (Wildman–Crippen MR) is 72.1 cm³/mol. The van der Waals surface area contributed by atoms with E-state index in [-0.39, 0.29) is 5.91 Å². The van der Waals surface area contributed by atoms with E-state index >= 15 is 0 Å². The molecule has 19 heavy (non-hydrogen) atoms. The van der Waals surface area contributed by atoms with E-state index in [2.05, 4.69) is 10.4 Å². The lowest BCUT2D eigenvalue weighted by Gasteiger charge is -2.08. The van der Waals surface area contributed by atoms with E-state index in [0.717, 1.165) is 12.2 Å². The van der Waals surface area contributed by atoms with Gasteiger partial charge in [0.05, 0.1) is 19.3 Å². The van der Waals surface area contributed by atoms with Crippen LogP contribution in [0.2, 0.25) is 0 Å². The molecule has 1 amide bonds. The van der Waals surface area contributed by atoms with E-state index in [4.69, 9.17) is 4.74 Å². The van der Waals surface area contributed by atoms with Gasteiger partial charge in [-0.05, 0) is 31.2 Å². The van der Waals surface area contributed by atoms with Crippen molar-refractivity contribution in [2.75, 3.05) is 7.11 Å². The van der Waals surface area contributed by atoms with Gasteiger partial charge in [-0.2, -0.15) is 5.10 Å². The van der Waals surface area contributed by atoms with Gasteiger partial charge in [-0.3, -0.25) is 9.48 Å². The Labute approximate surface area is 112 Å². The highest BCUT2D eigenvalue weighted by atomic mass is 16.5. The third-order valence-corrected chi connectivity index (χ3v) is 2.87. The summed E-state index contributed by atoms with van der Waals surface area (Å²) < 4.78 is 6.95. The number of aromatic nitrogens is 2. The molecule has 1 aromatic heterocycles. The molecule has 1 N–H and O–H groups in total. The molecule has 0 unspecified atom stereocenters. The van der Waals surface area contributed by atoms with Crippen LogP contribution in [0.25, 0.3) is 0 Å². The van der Waals surface area contributed by atoms with Crippen LogP contribution < -0.4 is 10.1 Å². The van der Waals surface area contributed by atoms with Crippen LogP contribution in [0, 0.1) is 0 Å². The first-order valence-corrected chi connectivity index (χ1v) is 6.17. The third-order valence-electron chi connectivity index (χ3n) is 2.87. The van der Waals surface area contributed by atoms with Crippen LogP contribution in [0.1, 0.15) is 23.0 Å². The molecule has 0 bridgehead atoms. The Balaban J connectivity index is 2.01. The van der Waals surface area contributed by atoms with Crippen LogP contribution in [0.15, 0.2) is 36.5 Å². The van der Waals surface area contributed by atoms with Crippen molar-refractivity contribution < 1.29 is 9.53 Å². The lowest BCUT2D eigenvalue weighted by molar-refractivity contribution is 0.0949. The zero-order valence-corrected chi connectivity index (χ0v) is 11.1. The summed E-state index contributed by atoms with van der Waals surface area (Å²) >= 11 is 0. The first-order chi connectivity index (χ1) is 9.24. The van der Waals surface area contributed by atoms with Gasteiger partial charge < -0.3 is 10.1 Å². The number of nitrogens with zero attached hydrogens (tertiary/aromatic N) is 2. The number of ether oxygens (including phenoxy) is 1. The molecule has 0 saturated carbocycles. The van der Waals surface area contributed by atoms with E-state index in [1.807, 2.05) is 23.7 Å². The molecule has 1 aromatic carbocycles. The monoisotopic (exact) mass is 259 g/mol. The number of carbonyl (C=O) groups excluding carboxylic acids is 1. The second-order valence-corrected chi connectivity index (χ2v) is 4.05. The van der Waals surface area contributed by atoms with Crippen molar-refractivity contribution in [1.82, 2.24) is 15.1 Å². The maximum Gasteiger partial charge on any atom is 0.251 e. The molecule has 5 nitrogen and oxygen atoms in total. The number of rotatable bonds is 5. The second-order valence-electron chi connectivity index (χ2n) is 4.05. The second kappa shape index (κ2) is 6.04. The normalized spacial score (nSPS) is 10.2. The molecular formula is C14H17N3O2. The smallest absolute Gasteiger partial charge is 0.251 e. The average Bonchev–Trinajstić information content (AvgIpc) is 2.92. The number of nitrogens with one attached hydrogen (secondary N) is 1. The van der Waals surface area contributed by atoms with Crippen LogP contribution in [-0.4, -0.2) is 22.8 Å². The van der Waals surface area contributed by atoms with Gasteiger partial charge in [0, 0.05) is 18.3 Å². The van der Waals surface area contributed by atoms with Gasteiger partial charge in [-0.25, -0.2) is 0 Å². The van der Waals surface area contributed by atoms with E-state index < -0.39 is 0 Å². The number of methoxy groups -OCH3 is 1. The molecule has 1 heterocycles. The highest BCUT2D eigenvalue weighted by Crippen LogP contribution is 2.12. The fraction of sp³-hybridized carbons (Fsp3) is 0.286. The van der Waals surface area contributed by atoms with Crippen molar-refractivity contribution in [3.63, 3.8) is 0 Å². The van der Waals surface area contributed by atoms with E-state index in [1.165, 1.54) is 0 Å². The van der Waals surface area contributed by atoms with Crippen LogP contribution >= 0.6 is 0 Å². The van der Waals surface area contributed by atoms with Crippen molar-refractivity contribution in [2.24, 2.45) is 0 Å². The summed E-state index contributed by atoms with van der Waals surface area (Å²) in [5.74, 6) is 0.550. The first kappa shape index (κ1) is 13.1. The van der Waals surface area contributed by atoms with Crippen molar-refractivity contribution in [3.05, 3.63) is 47.8 Å². The molecule has 0 aliphatic rings. The number of carbonyl (C=O) groups is 1. The number of hydrogen-bond donors (Lipinski definition) is 1. The average molecular weight is 259 g/mol. The molecule has 2 aromatic rings. The maximum absolute atomic E-state index is 12.0. The van der Waals surface area contributed by atoms with Gasteiger partial charge in [-0.15, -0.1) is 0 Å². The largest absolute Gasteiger partial charge is 0.497 e. The molecule has 2 rings (SSSR count). The highest BCUT2D eigenvalue weighted by Gasteiger charge is 2.07. The Hall–Kier alpha value is -2.30. The van der Waals surface area contributed by atoms with Crippen LogP contribution in [-0.2, 0) is 13.1 Å². The van der Waals surface area contributed by atoms with E-state index in [0.29, 0.717) is 17.9 Å². The summed E-state index contributed by atoms with van der Waals surface area (Å²) in [5, 5.41) is 7.03. The number of benzene rings is 1. The van der Waals surface area contributed by atoms with E-state index in [9.17, 15) is 4.79 Å². The fourth-order valence-electron chi connectivity index (χ4n) is 1.83. The SMILES string of the molecule is CCn1nccc1CNC(=O)c1cccc(OC)c1. The zero-order chi connectivity index (χ0) is 13.7. The molecule has 100 valence electrons. The van der Waals surface area contributed by atoms with Crippen molar-refractivity contribution in [2.45, 2.75) is 20.0 Å². The van der Waals surface area contributed by atoms with Gasteiger partial charge in [0.2, 0.25) is 0 Å². The number of hydrogen-bond acceptors (Lipinski definition) is 3. The van der Waals surface area contributed by atoms with Crippen molar-refractivity contribution >= 4 is 5.91 Å². The summed E-state index contributed by atoms with van der Waals surface area (Å²) in [4.78, 5) is 12.0. The molecular weight excluding hydrogens is 242 g/mol. The highest BCUT2D eigenvalue weighted by molar-refractivity contribution is 5.94. The van der Waals surface area contributed by atoms with Gasteiger partial charge >= 0.3 is 0 Å². The Morgan fingerprint density at radius 1 is 1.42 bits per heavy atom. The van der Waals surface area contributed by atoms with Gasteiger partial charge in [-0.1, -0.05) is 6.07 Å². The van der Waals surface area contributed by atoms with Crippen LogP contribution in [0.3, 0.4) is 0 Å². The number of amides is 1. The van der Waals surface area contributed by atoms with Gasteiger partial charge in [0.1, 0.15) is 5.75 Å². The Bertz CT molecular complexity index is 563. The molecule has 0 spiro atoms. The minimum absolute atomic E-state index is 0.122. The Morgan fingerprint density at radius 3 is 3.00 bits per heavy atom. The first-order valence-electron chi connectivity index (χ1n) is 6.17. The standard InChI is InChI=1S/C14H17N3O2/c1-3-17-12(7-8-16-17)10-15-14(18)11-5-4-6-13(9-11)19-2/h4-9H,3,10H2,1-2H3,(H,15,18). The fourth-order valence-corrected chi connectivity index (χ4v) is 1.83. The molecule has 0 atom stereocenters. The minimum atomic E-state index is -0.122. The van der Waals surface area contributed by atoms with Gasteiger partial charge in [0.15, 0.2) is 0 Å². The summed E-state index contributed by atoms with van der Waals surface area (Å²) in [6.07, 6.45) is 1.73. The van der Waals surface area contributed by atoms with Crippen molar-refractivity contribution in [3.8, 4) is 5.75 Å². The lowest BCUT2D eigenvalue weighted by Crippen LogP contribution is -2.24. The van der Waals surface area contributed by atoms with E-state index in [1.54, 1.807) is 31.5 Å². The predicted octanol–water partition coefficient (Wildman–Crippen LogP) is 1.84. The summed E-state index contributed by atoms with van der Waals surface area (Å²) in [7, 11) is 1.58. The summed E-state index contributed by atoms with van der Waals surface area (Å²) in [5.41, 5.74) is 1.57. The lowest BCUT2D eigenvalue weighted by atomic mass is 10.2. The Morgan fingerprint density at radius 2 is 2.26 bits per heavy atom. The van der Waals surface area contributed by atoms with Crippen LogP contribution in [0.5, 0.6) is 5.75 Å². The topological polar surface area (TPSA) is 56.2 Å². The van der Waals surface area contributed by atoms with Gasteiger partial charge in [0.25, 0.3) is 5.91 Å². The maximum atomic E-state index is 12.0. The molecule has 5 heteroatoms. The van der Waals surface area contributed by atoms with Crippen molar-refractivity contribution in [1.29, 1.82) is 0 Å². The molecule has 0 aliphatic carbocycles. The third kappa shape index (κ3) is 3.13.